The minimum atomic E-state index is 0.756. The molecule has 0 spiro atoms. The lowest BCUT2D eigenvalue weighted by molar-refractivity contribution is 0.833. The molecule has 16 heavy (non-hydrogen) atoms. The van der Waals surface area contributed by atoms with Gasteiger partial charge in [-0.2, -0.15) is 0 Å². The molecule has 0 unspecified atom stereocenters. The van der Waals surface area contributed by atoms with Gasteiger partial charge in [0.25, 0.3) is 0 Å². The number of nitrogens with zero attached hydrogens (tertiary/aromatic N) is 2. The predicted molar refractivity (Wildman–Crippen MR) is 74.9 cm³/mol. The Morgan fingerprint density at radius 3 is 3.12 bits per heavy atom. The Hall–Kier alpha value is -1.30. The van der Waals surface area contributed by atoms with Gasteiger partial charge in [0, 0.05) is 28.2 Å². The molecule has 2 aromatic rings. The van der Waals surface area contributed by atoms with E-state index in [9.17, 15) is 0 Å². The van der Waals surface area contributed by atoms with Gasteiger partial charge in [0.1, 0.15) is 0 Å². The van der Waals surface area contributed by atoms with Gasteiger partial charge in [-0.25, -0.2) is 4.98 Å². The lowest BCUT2D eigenvalue weighted by atomic mass is 10.3. The van der Waals surface area contributed by atoms with E-state index in [2.05, 4.69) is 51.6 Å². The molecule has 1 heterocycles. The molecule has 0 saturated carbocycles. The van der Waals surface area contributed by atoms with E-state index in [-0.39, 0.29) is 0 Å². The second-order valence-electron chi connectivity index (χ2n) is 3.33. The summed E-state index contributed by atoms with van der Waals surface area (Å²) in [5, 5.41) is 3.28. The van der Waals surface area contributed by atoms with E-state index in [1.807, 2.05) is 29.0 Å². The Morgan fingerprint density at radius 1 is 1.50 bits per heavy atom. The fraction of sp³-hybridized carbons (Fsp3) is 0.0833. The monoisotopic (exact) mass is 325 g/mol. The third kappa shape index (κ3) is 2.63. The highest BCUT2D eigenvalue weighted by atomic mass is 127. The van der Waals surface area contributed by atoms with Crippen molar-refractivity contribution < 1.29 is 0 Å². The maximum Gasteiger partial charge on any atom is 0.207 e. The van der Waals surface area contributed by atoms with Crippen LogP contribution in [0.1, 0.15) is 0 Å². The zero-order valence-corrected chi connectivity index (χ0v) is 10.9. The van der Waals surface area contributed by atoms with Crippen LogP contribution in [0.25, 0.3) is 0 Å². The van der Waals surface area contributed by atoms with Crippen LogP contribution in [-0.4, -0.2) is 9.55 Å². The Bertz CT molecular complexity index is 491. The molecule has 0 radical (unpaired) electrons. The van der Waals surface area contributed by atoms with Crippen molar-refractivity contribution >= 4 is 34.2 Å². The van der Waals surface area contributed by atoms with Crippen LogP contribution in [-0.2, 0) is 6.54 Å². The SMILES string of the molecule is C=CCn1ccnc1Nc1cccc(I)c1. The topological polar surface area (TPSA) is 29.9 Å². The molecule has 0 amide bonds. The number of aromatic nitrogens is 2. The van der Waals surface area contributed by atoms with E-state index in [0.29, 0.717) is 0 Å². The summed E-state index contributed by atoms with van der Waals surface area (Å²) in [6.45, 7) is 4.48. The Balaban J connectivity index is 2.20. The lowest BCUT2D eigenvalue weighted by Crippen LogP contribution is -2.01. The molecule has 82 valence electrons. The average Bonchev–Trinajstić information content (AvgIpc) is 2.66. The first-order valence-corrected chi connectivity index (χ1v) is 6.02. The van der Waals surface area contributed by atoms with Crippen molar-refractivity contribution in [3.8, 4) is 0 Å². The van der Waals surface area contributed by atoms with Gasteiger partial charge in [-0.3, -0.25) is 0 Å². The molecule has 0 aliphatic rings. The molecule has 0 atom stereocenters. The summed E-state index contributed by atoms with van der Waals surface area (Å²) in [5.41, 5.74) is 1.04. The number of imidazole rings is 1. The maximum atomic E-state index is 4.26. The molecule has 2 rings (SSSR count). The summed E-state index contributed by atoms with van der Waals surface area (Å²) in [5.74, 6) is 0.835. The third-order valence-electron chi connectivity index (χ3n) is 2.12. The molecular weight excluding hydrogens is 313 g/mol. The first kappa shape index (κ1) is 11.2. The van der Waals surface area contributed by atoms with Gasteiger partial charge < -0.3 is 9.88 Å². The van der Waals surface area contributed by atoms with Crippen LogP contribution in [0.15, 0.2) is 49.3 Å². The van der Waals surface area contributed by atoms with Gasteiger partial charge in [-0.1, -0.05) is 12.1 Å². The zero-order valence-electron chi connectivity index (χ0n) is 8.73. The number of halogens is 1. The highest BCUT2D eigenvalue weighted by Gasteiger charge is 2.01. The number of nitrogens with one attached hydrogen (secondary N) is 1. The van der Waals surface area contributed by atoms with E-state index in [1.165, 1.54) is 3.57 Å². The minimum Gasteiger partial charge on any atom is -0.326 e. The third-order valence-corrected chi connectivity index (χ3v) is 2.79. The number of allylic oxidation sites excluding steroid dienone is 1. The summed E-state index contributed by atoms with van der Waals surface area (Å²) in [4.78, 5) is 4.26. The normalized spacial score (nSPS) is 10.1. The number of hydrogen-bond donors (Lipinski definition) is 1. The van der Waals surface area contributed by atoms with Crippen molar-refractivity contribution in [2.24, 2.45) is 0 Å². The van der Waals surface area contributed by atoms with Crippen molar-refractivity contribution in [2.45, 2.75) is 6.54 Å². The quantitative estimate of drug-likeness (QED) is 0.690. The van der Waals surface area contributed by atoms with Crippen LogP contribution < -0.4 is 5.32 Å². The van der Waals surface area contributed by atoms with E-state index in [4.69, 9.17) is 0 Å². The Morgan fingerprint density at radius 2 is 2.38 bits per heavy atom. The van der Waals surface area contributed by atoms with E-state index in [0.717, 1.165) is 18.2 Å². The summed E-state index contributed by atoms with van der Waals surface area (Å²) in [6, 6.07) is 8.18. The van der Waals surface area contributed by atoms with Crippen LogP contribution in [0.2, 0.25) is 0 Å². The Kier molecular flexibility index (Phi) is 3.61. The van der Waals surface area contributed by atoms with E-state index < -0.39 is 0 Å². The summed E-state index contributed by atoms with van der Waals surface area (Å²) in [6.07, 6.45) is 5.55. The Labute approximate surface area is 108 Å². The van der Waals surface area contributed by atoms with Crippen molar-refractivity contribution in [1.82, 2.24) is 9.55 Å². The number of benzene rings is 1. The van der Waals surface area contributed by atoms with Crippen LogP contribution >= 0.6 is 22.6 Å². The lowest BCUT2D eigenvalue weighted by Gasteiger charge is -2.08. The standard InChI is InChI=1S/C12H12IN3/c1-2-7-16-8-6-14-12(16)15-11-5-3-4-10(13)9-11/h2-6,8-9H,1,7H2,(H,14,15). The van der Waals surface area contributed by atoms with Crippen LogP contribution in [0.3, 0.4) is 0 Å². The molecule has 3 nitrogen and oxygen atoms in total. The molecule has 1 aromatic carbocycles. The summed E-state index contributed by atoms with van der Waals surface area (Å²) >= 11 is 2.29. The molecule has 0 aliphatic heterocycles. The fourth-order valence-electron chi connectivity index (χ4n) is 1.41. The molecule has 1 aromatic heterocycles. The molecule has 0 fully saturated rings. The average molecular weight is 325 g/mol. The molecule has 0 aliphatic carbocycles. The van der Waals surface area contributed by atoms with Crippen molar-refractivity contribution in [1.29, 1.82) is 0 Å². The van der Waals surface area contributed by atoms with Gasteiger partial charge in [0.05, 0.1) is 0 Å². The molecule has 1 N–H and O–H groups in total. The van der Waals surface area contributed by atoms with Gasteiger partial charge in [0.2, 0.25) is 5.95 Å². The highest BCUT2D eigenvalue weighted by molar-refractivity contribution is 14.1. The van der Waals surface area contributed by atoms with Gasteiger partial charge in [-0.15, -0.1) is 6.58 Å². The van der Waals surface area contributed by atoms with Crippen molar-refractivity contribution in [3.63, 3.8) is 0 Å². The summed E-state index contributed by atoms with van der Waals surface area (Å²) < 4.78 is 3.21. The van der Waals surface area contributed by atoms with Crippen molar-refractivity contribution in [2.75, 3.05) is 5.32 Å². The largest absolute Gasteiger partial charge is 0.326 e. The number of anilines is 2. The molecule has 0 bridgehead atoms. The van der Waals surface area contributed by atoms with Crippen LogP contribution in [0, 0.1) is 3.57 Å². The second kappa shape index (κ2) is 5.16. The molecule has 4 heteroatoms. The smallest absolute Gasteiger partial charge is 0.207 e. The zero-order chi connectivity index (χ0) is 11.4. The van der Waals surface area contributed by atoms with Crippen LogP contribution in [0.4, 0.5) is 11.6 Å². The number of rotatable bonds is 4. The first-order valence-electron chi connectivity index (χ1n) is 4.94. The van der Waals surface area contributed by atoms with E-state index in [1.54, 1.807) is 6.20 Å². The van der Waals surface area contributed by atoms with Gasteiger partial charge >= 0.3 is 0 Å². The highest BCUT2D eigenvalue weighted by Crippen LogP contribution is 2.17. The molecular formula is C12H12IN3. The van der Waals surface area contributed by atoms with Gasteiger partial charge in [-0.05, 0) is 40.8 Å². The minimum absolute atomic E-state index is 0.756. The second-order valence-corrected chi connectivity index (χ2v) is 4.57. The van der Waals surface area contributed by atoms with Crippen LogP contribution in [0.5, 0.6) is 0 Å². The van der Waals surface area contributed by atoms with E-state index >= 15 is 0 Å². The first-order chi connectivity index (χ1) is 7.79. The van der Waals surface area contributed by atoms with Crippen molar-refractivity contribution in [3.05, 3.63) is 52.9 Å². The summed E-state index contributed by atoms with van der Waals surface area (Å²) in [7, 11) is 0. The molecule has 0 saturated heterocycles. The van der Waals surface area contributed by atoms with Gasteiger partial charge in [0.15, 0.2) is 0 Å². The number of hydrogen-bond acceptors (Lipinski definition) is 2. The predicted octanol–water partition coefficient (Wildman–Crippen LogP) is 3.42. The maximum absolute atomic E-state index is 4.26. The fourth-order valence-corrected chi connectivity index (χ4v) is 1.96.